The summed E-state index contributed by atoms with van der Waals surface area (Å²) >= 11 is 0. The number of hydrogen-bond donors (Lipinski definition) is 2. The van der Waals surface area contributed by atoms with Crippen molar-refractivity contribution in [3.8, 4) is 22.3 Å². The number of amides is 4. The van der Waals surface area contributed by atoms with Crippen molar-refractivity contribution in [3.63, 3.8) is 0 Å². The van der Waals surface area contributed by atoms with Gasteiger partial charge < -0.3 is 30.1 Å². The topological polar surface area (TPSA) is 129 Å². The van der Waals surface area contributed by atoms with Crippen molar-refractivity contribution >= 4 is 51.8 Å². The largest absolute Gasteiger partial charge is 0.444 e. The fraction of sp³-hybridized carbons (Fsp3) is 0.310. The molecule has 0 bridgehead atoms. The van der Waals surface area contributed by atoms with Crippen LogP contribution >= 0.6 is 0 Å². The molecule has 0 saturated carbocycles. The smallest absolute Gasteiger partial charge is 0.410 e. The molecular formula is C42H44FN7O5. The number of aryl methyl sites for hydroxylation is 1. The first kappa shape index (κ1) is 37.1. The van der Waals surface area contributed by atoms with Gasteiger partial charge in [0.1, 0.15) is 11.4 Å². The Morgan fingerprint density at radius 2 is 1.53 bits per heavy atom. The quantitative estimate of drug-likeness (QED) is 0.187. The van der Waals surface area contributed by atoms with E-state index < -0.39 is 17.3 Å². The third-order valence-electron chi connectivity index (χ3n) is 9.93. The van der Waals surface area contributed by atoms with Crippen LogP contribution in [0.25, 0.3) is 33.2 Å². The van der Waals surface area contributed by atoms with E-state index in [2.05, 4.69) is 20.6 Å². The number of aromatic nitrogens is 2. The lowest BCUT2D eigenvalue weighted by molar-refractivity contribution is -0.117. The van der Waals surface area contributed by atoms with Crippen LogP contribution in [0.15, 0.2) is 78.9 Å². The number of anilines is 3. The summed E-state index contributed by atoms with van der Waals surface area (Å²) in [6.07, 6.45) is 0.919. The van der Waals surface area contributed by atoms with E-state index in [1.165, 1.54) is 17.8 Å². The van der Waals surface area contributed by atoms with Crippen LogP contribution in [0, 0.1) is 5.82 Å². The number of nitrogens with zero attached hydrogens (tertiary/aromatic N) is 5. The highest BCUT2D eigenvalue weighted by Gasteiger charge is 2.28. The Bertz CT molecular complexity index is 2310. The summed E-state index contributed by atoms with van der Waals surface area (Å²) in [5.74, 6) is -1.50. The molecule has 0 aliphatic carbocycles. The molecule has 0 atom stereocenters. The maximum absolute atomic E-state index is 17.0. The van der Waals surface area contributed by atoms with Gasteiger partial charge in [-0.3, -0.25) is 19.1 Å². The molecule has 1 aromatic heterocycles. The number of piperazine rings is 1. The van der Waals surface area contributed by atoms with Gasteiger partial charge in [0.05, 0.1) is 10.9 Å². The Morgan fingerprint density at radius 1 is 0.818 bits per heavy atom. The number of benzene rings is 4. The second-order valence-electron chi connectivity index (χ2n) is 14.8. The number of carbonyl (C=O) groups excluding carboxylic acids is 4. The zero-order valence-electron chi connectivity index (χ0n) is 31.6. The van der Waals surface area contributed by atoms with Gasteiger partial charge in [0, 0.05) is 81.4 Å². The van der Waals surface area contributed by atoms with Crippen LogP contribution in [0.2, 0.25) is 0 Å². The van der Waals surface area contributed by atoms with Gasteiger partial charge in [-0.25, -0.2) is 9.18 Å². The molecular weight excluding hydrogens is 702 g/mol. The molecule has 2 fully saturated rings. The van der Waals surface area contributed by atoms with E-state index in [0.717, 1.165) is 28.9 Å². The number of ether oxygens (including phenoxy) is 1. The predicted octanol–water partition coefficient (Wildman–Crippen LogP) is 6.84. The van der Waals surface area contributed by atoms with Crippen molar-refractivity contribution in [2.45, 2.75) is 39.2 Å². The number of hydrogen-bond acceptors (Lipinski definition) is 7. The van der Waals surface area contributed by atoms with Crippen LogP contribution in [0.3, 0.4) is 0 Å². The molecule has 4 amide bonds. The second kappa shape index (κ2) is 14.9. The van der Waals surface area contributed by atoms with E-state index in [0.29, 0.717) is 61.5 Å². The van der Waals surface area contributed by atoms with Crippen molar-refractivity contribution < 1.29 is 28.3 Å². The molecule has 0 spiro atoms. The van der Waals surface area contributed by atoms with E-state index >= 15 is 4.39 Å². The maximum atomic E-state index is 17.0. The molecule has 7 rings (SSSR count). The van der Waals surface area contributed by atoms with Crippen molar-refractivity contribution in [3.05, 3.63) is 95.9 Å². The summed E-state index contributed by atoms with van der Waals surface area (Å²) < 4.78 is 24.0. The van der Waals surface area contributed by atoms with Crippen molar-refractivity contribution in [2.24, 2.45) is 7.05 Å². The van der Waals surface area contributed by atoms with E-state index in [1.807, 2.05) is 63.2 Å². The molecule has 55 heavy (non-hydrogen) atoms. The van der Waals surface area contributed by atoms with E-state index in [9.17, 15) is 19.2 Å². The molecule has 2 aliphatic rings. The minimum Gasteiger partial charge on any atom is -0.444 e. The fourth-order valence-corrected chi connectivity index (χ4v) is 7.17. The first-order valence-corrected chi connectivity index (χ1v) is 18.4. The summed E-state index contributed by atoms with van der Waals surface area (Å²) in [6.45, 7) is 8.52. The second-order valence-corrected chi connectivity index (χ2v) is 14.8. The van der Waals surface area contributed by atoms with Crippen molar-refractivity contribution in [2.75, 3.05) is 54.9 Å². The normalized spacial score (nSPS) is 14.7. The summed E-state index contributed by atoms with van der Waals surface area (Å²) in [5, 5.41) is 9.80. The van der Waals surface area contributed by atoms with Gasteiger partial charge in [-0.05, 0) is 98.5 Å². The SMILES string of the molecule is CNC(=O)c1cccc(NC(=O)c2nn(C)c3ccc(-c4ccc(N5CCCC5=O)cc4-c4ccc(N5CCN(C(=O)OC(C)(C)C)CC5)cc4)c(F)c23)c1. The van der Waals surface area contributed by atoms with Gasteiger partial charge in [0.2, 0.25) is 5.91 Å². The maximum Gasteiger partial charge on any atom is 0.410 e. The lowest BCUT2D eigenvalue weighted by Crippen LogP contribution is -2.50. The lowest BCUT2D eigenvalue weighted by Gasteiger charge is -2.36. The fourth-order valence-electron chi connectivity index (χ4n) is 7.17. The summed E-state index contributed by atoms with van der Waals surface area (Å²) in [7, 11) is 3.17. The van der Waals surface area contributed by atoms with Crippen molar-refractivity contribution in [1.29, 1.82) is 0 Å². The molecule has 284 valence electrons. The van der Waals surface area contributed by atoms with E-state index in [1.54, 1.807) is 47.2 Å². The zero-order valence-corrected chi connectivity index (χ0v) is 31.6. The Hall–Kier alpha value is -6.24. The monoisotopic (exact) mass is 745 g/mol. The minimum atomic E-state index is -0.624. The molecule has 5 aromatic rings. The lowest BCUT2D eigenvalue weighted by atomic mass is 9.92. The molecule has 0 radical (unpaired) electrons. The van der Waals surface area contributed by atoms with Crippen LogP contribution in [-0.2, 0) is 16.6 Å². The van der Waals surface area contributed by atoms with Gasteiger partial charge in [-0.2, -0.15) is 5.10 Å². The van der Waals surface area contributed by atoms with Gasteiger partial charge >= 0.3 is 6.09 Å². The molecule has 0 unspecified atom stereocenters. The standard InChI is InChI=1S/C42H44FN7O5/c1-42(2,3)55-41(54)49-22-20-48(21-23-49)29-13-11-26(12-14-29)33-25-30(50-19-7-10-35(50)51)15-16-31(33)32-17-18-34-36(37(32)43)38(46-47(34)5)40(53)45-28-9-6-8-27(24-28)39(52)44-4/h6,8-9,11-18,24-25H,7,10,19-23H2,1-5H3,(H,44,52)(H,45,53). The van der Waals surface area contributed by atoms with Crippen molar-refractivity contribution in [1.82, 2.24) is 20.0 Å². The van der Waals surface area contributed by atoms with Crippen LogP contribution in [0.4, 0.5) is 26.2 Å². The van der Waals surface area contributed by atoms with Crippen LogP contribution in [-0.4, -0.2) is 83.9 Å². The van der Waals surface area contributed by atoms with Gasteiger partial charge in [-0.15, -0.1) is 0 Å². The number of halogens is 1. The first-order valence-electron chi connectivity index (χ1n) is 18.4. The highest BCUT2D eigenvalue weighted by molar-refractivity contribution is 6.12. The Labute approximate surface area is 318 Å². The Morgan fingerprint density at radius 3 is 2.20 bits per heavy atom. The summed E-state index contributed by atoms with van der Waals surface area (Å²) in [5.41, 5.74) is 4.61. The molecule has 13 heteroatoms. The summed E-state index contributed by atoms with van der Waals surface area (Å²) in [6, 6.07) is 23.5. The van der Waals surface area contributed by atoms with Gasteiger partial charge in [-0.1, -0.05) is 24.3 Å². The van der Waals surface area contributed by atoms with Crippen LogP contribution < -0.4 is 20.4 Å². The number of carbonyl (C=O) groups is 4. The summed E-state index contributed by atoms with van der Waals surface area (Å²) in [4.78, 5) is 56.9. The molecule has 12 nitrogen and oxygen atoms in total. The van der Waals surface area contributed by atoms with E-state index in [4.69, 9.17) is 4.74 Å². The Balaban J connectivity index is 1.22. The number of nitrogens with one attached hydrogen (secondary N) is 2. The molecule has 2 aliphatic heterocycles. The molecule has 2 saturated heterocycles. The average Bonchev–Trinajstić information content (AvgIpc) is 3.77. The number of rotatable bonds is 7. The van der Waals surface area contributed by atoms with Gasteiger partial charge in [0.15, 0.2) is 5.69 Å². The third-order valence-corrected chi connectivity index (χ3v) is 9.93. The first-order chi connectivity index (χ1) is 26.3. The minimum absolute atomic E-state index is 0.0408. The average molecular weight is 746 g/mol. The van der Waals surface area contributed by atoms with E-state index in [-0.39, 0.29) is 34.6 Å². The highest BCUT2D eigenvalue weighted by atomic mass is 19.1. The van der Waals surface area contributed by atoms with Crippen LogP contribution in [0.5, 0.6) is 0 Å². The molecule has 4 aromatic carbocycles. The van der Waals surface area contributed by atoms with Crippen LogP contribution in [0.1, 0.15) is 54.5 Å². The third kappa shape index (κ3) is 7.59. The zero-order chi connectivity index (χ0) is 39.0. The molecule has 2 N–H and O–H groups in total. The number of fused-ring (bicyclic) bond motifs is 1. The van der Waals surface area contributed by atoms with Gasteiger partial charge in [0.25, 0.3) is 11.8 Å². The highest BCUT2D eigenvalue weighted by Crippen LogP contribution is 2.40. The molecule has 3 heterocycles. The Kier molecular flexibility index (Phi) is 10.0. The predicted molar refractivity (Wildman–Crippen MR) is 211 cm³/mol.